The van der Waals surface area contributed by atoms with Crippen molar-refractivity contribution in [1.29, 1.82) is 0 Å². The molecule has 2 N–H and O–H groups in total. The van der Waals surface area contributed by atoms with Gasteiger partial charge in [0, 0.05) is 29.6 Å². The summed E-state index contributed by atoms with van der Waals surface area (Å²) in [6, 6.07) is 5.34. The fraction of sp³-hybridized carbons (Fsp3) is 0.409. The van der Waals surface area contributed by atoms with E-state index >= 15 is 0 Å². The van der Waals surface area contributed by atoms with Gasteiger partial charge >= 0.3 is 0 Å². The fourth-order valence-electron chi connectivity index (χ4n) is 3.89. The van der Waals surface area contributed by atoms with E-state index in [0.717, 1.165) is 28.2 Å². The van der Waals surface area contributed by atoms with E-state index in [0.29, 0.717) is 24.5 Å². The first-order valence-electron chi connectivity index (χ1n) is 10.0. The van der Waals surface area contributed by atoms with Gasteiger partial charge in [0.05, 0.1) is 30.5 Å². The Morgan fingerprint density at radius 3 is 2.87 bits per heavy atom. The summed E-state index contributed by atoms with van der Waals surface area (Å²) in [5.41, 5.74) is 3.73. The van der Waals surface area contributed by atoms with Gasteiger partial charge in [-0.25, -0.2) is 14.4 Å². The number of pyridine rings is 1. The Morgan fingerprint density at radius 1 is 1.30 bits per heavy atom. The Balaban J connectivity index is 1.75. The number of aromatic nitrogens is 3. The van der Waals surface area contributed by atoms with E-state index in [1.807, 2.05) is 12.1 Å². The number of rotatable bonds is 5. The molecule has 1 saturated heterocycles. The molecule has 3 heterocycles. The van der Waals surface area contributed by atoms with Crippen LogP contribution in [0, 0.1) is 5.82 Å². The molecular formula is C22H24ClFN4O2. The molecule has 1 fully saturated rings. The van der Waals surface area contributed by atoms with Gasteiger partial charge in [-0.1, -0.05) is 19.9 Å². The number of halogens is 2. The zero-order chi connectivity index (χ0) is 21.3. The number of alkyl halides is 1. The minimum Gasteiger partial charge on any atom is -0.389 e. The van der Waals surface area contributed by atoms with E-state index in [-0.39, 0.29) is 30.2 Å². The Kier molecular flexibility index (Phi) is 6.13. The molecule has 0 radical (unpaired) electrons. The highest BCUT2D eigenvalue weighted by molar-refractivity contribution is 6.17. The third-order valence-corrected chi connectivity index (χ3v) is 5.66. The van der Waals surface area contributed by atoms with Crippen molar-refractivity contribution < 1.29 is 14.2 Å². The highest BCUT2D eigenvalue weighted by Gasteiger charge is 2.24. The molecule has 0 unspecified atom stereocenters. The molecule has 0 amide bonds. The third-order valence-electron chi connectivity index (χ3n) is 5.37. The van der Waals surface area contributed by atoms with Crippen LogP contribution in [0.25, 0.3) is 22.2 Å². The summed E-state index contributed by atoms with van der Waals surface area (Å²) < 4.78 is 19.9. The number of hydrogen-bond acceptors (Lipinski definition) is 6. The molecule has 1 aliphatic rings. The van der Waals surface area contributed by atoms with Crippen LogP contribution in [-0.2, 0) is 10.6 Å². The lowest BCUT2D eigenvalue weighted by molar-refractivity contribution is -0.0136. The minimum absolute atomic E-state index is 0.196. The van der Waals surface area contributed by atoms with Gasteiger partial charge in [-0.05, 0) is 35.6 Å². The predicted octanol–water partition coefficient (Wildman–Crippen LogP) is 4.25. The second kappa shape index (κ2) is 8.79. The molecule has 6 nitrogen and oxygen atoms in total. The molecule has 1 aliphatic heterocycles. The Hall–Kier alpha value is -2.35. The van der Waals surface area contributed by atoms with E-state index in [2.05, 4.69) is 34.1 Å². The van der Waals surface area contributed by atoms with Gasteiger partial charge in [-0.3, -0.25) is 4.98 Å². The number of anilines is 1. The largest absolute Gasteiger partial charge is 0.389 e. The molecule has 1 aromatic carbocycles. The SMILES string of the molecule is CC(C)c1c(CCl)cnc2ccc(-c3nc(N[C@@H]4CCOC[C@@H]4O)ncc3F)cc12. The monoisotopic (exact) mass is 430 g/mol. The summed E-state index contributed by atoms with van der Waals surface area (Å²) in [6.07, 6.45) is 2.91. The smallest absolute Gasteiger partial charge is 0.223 e. The summed E-state index contributed by atoms with van der Waals surface area (Å²) in [5, 5.41) is 14.1. The molecule has 30 heavy (non-hydrogen) atoms. The highest BCUT2D eigenvalue weighted by Crippen LogP contribution is 2.32. The van der Waals surface area contributed by atoms with Gasteiger partial charge in [0.25, 0.3) is 0 Å². The van der Waals surface area contributed by atoms with Crippen LogP contribution in [-0.4, -0.2) is 45.4 Å². The Bertz CT molecular complexity index is 1060. The fourth-order valence-corrected chi connectivity index (χ4v) is 4.10. The van der Waals surface area contributed by atoms with Crippen LogP contribution in [0.2, 0.25) is 0 Å². The van der Waals surface area contributed by atoms with Crippen LogP contribution >= 0.6 is 11.6 Å². The topological polar surface area (TPSA) is 80.2 Å². The van der Waals surface area contributed by atoms with Crippen LogP contribution in [0.5, 0.6) is 0 Å². The van der Waals surface area contributed by atoms with Crippen molar-refractivity contribution in [3.05, 3.63) is 47.5 Å². The Morgan fingerprint density at radius 2 is 2.13 bits per heavy atom. The van der Waals surface area contributed by atoms with Gasteiger partial charge < -0.3 is 15.2 Å². The van der Waals surface area contributed by atoms with E-state index in [1.165, 1.54) is 0 Å². The molecule has 3 aromatic rings. The lowest BCUT2D eigenvalue weighted by atomic mass is 9.93. The van der Waals surface area contributed by atoms with Crippen molar-refractivity contribution in [1.82, 2.24) is 15.0 Å². The maximum absolute atomic E-state index is 14.7. The molecule has 2 atom stereocenters. The van der Waals surface area contributed by atoms with E-state index < -0.39 is 11.9 Å². The number of nitrogens with zero attached hydrogens (tertiary/aromatic N) is 3. The molecule has 8 heteroatoms. The highest BCUT2D eigenvalue weighted by atomic mass is 35.5. The normalized spacial score (nSPS) is 19.4. The van der Waals surface area contributed by atoms with Crippen molar-refractivity contribution in [3.8, 4) is 11.3 Å². The van der Waals surface area contributed by atoms with E-state index in [4.69, 9.17) is 16.3 Å². The average Bonchev–Trinajstić information content (AvgIpc) is 2.75. The summed E-state index contributed by atoms with van der Waals surface area (Å²) in [5.74, 6) is 0.362. The van der Waals surface area contributed by atoms with Gasteiger partial charge in [0.15, 0.2) is 5.82 Å². The molecule has 158 valence electrons. The number of aliphatic hydroxyl groups excluding tert-OH is 1. The van der Waals surface area contributed by atoms with Gasteiger partial charge in [-0.2, -0.15) is 0 Å². The van der Waals surface area contributed by atoms with Gasteiger partial charge in [0.1, 0.15) is 5.69 Å². The Labute approximate surface area is 179 Å². The average molecular weight is 431 g/mol. The first kappa shape index (κ1) is 20.9. The van der Waals surface area contributed by atoms with Crippen LogP contribution in [0.1, 0.15) is 37.3 Å². The zero-order valence-electron chi connectivity index (χ0n) is 16.9. The van der Waals surface area contributed by atoms with Crippen molar-refractivity contribution in [2.45, 2.75) is 44.2 Å². The quantitative estimate of drug-likeness (QED) is 0.589. The first-order valence-corrected chi connectivity index (χ1v) is 10.5. The van der Waals surface area contributed by atoms with Crippen LogP contribution < -0.4 is 5.32 Å². The summed E-state index contributed by atoms with van der Waals surface area (Å²) in [7, 11) is 0. The number of hydrogen-bond donors (Lipinski definition) is 2. The zero-order valence-corrected chi connectivity index (χ0v) is 17.7. The summed E-state index contributed by atoms with van der Waals surface area (Å²) in [4.78, 5) is 12.9. The molecule has 0 bridgehead atoms. The van der Waals surface area contributed by atoms with Crippen molar-refractivity contribution >= 4 is 28.5 Å². The van der Waals surface area contributed by atoms with Crippen molar-refractivity contribution in [3.63, 3.8) is 0 Å². The lowest BCUT2D eigenvalue weighted by Gasteiger charge is -2.28. The lowest BCUT2D eigenvalue weighted by Crippen LogP contribution is -2.42. The summed E-state index contributed by atoms with van der Waals surface area (Å²) >= 11 is 6.13. The van der Waals surface area contributed by atoms with E-state index in [1.54, 1.807) is 12.3 Å². The third kappa shape index (κ3) is 4.10. The van der Waals surface area contributed by atoms with Crippen molar-refractivity contribution in [2.24, 2.45) is 0 Å². The molecule has 4 rings (SSSR count). The number of ether oxygens (including phenoxy) is 1. The maximum atomic E-state index is 14.7. The maximum Gasteiger partial charge on any atom is 0.223 e. The minimum atomic E-state index is -0.662. The van der Waals surface area contributed by atoms with Crippen molar-refractivity contribution in [2.75, 3.05) is 18.5 Å². The second-order valence-electron chi connectivity index (χ2n) is 7.79. The number of fused-ring (bicyclic) bond motifs is 1. The number of aliphatic hydroxyl groups is 1. The second-order valence-corrected chi connectivity index (χ2v) is 8.06. The first-order chi connectivity index (χ1) is 14.5. The van der Waals surface area contributed by atoms with Crippen LogP contribution in [0.3, 0.4) is 0 Å². The molecule has 0 aliphatic carbocycles. The molecule has 0 saturated carbocycles. The predicted molar refractivity (Wildman–Crippen MR) is 115 cm³/mol. The van der Waals surface area contributed by atoms with Crippen LogP contribution in [0.15, 0.2) is 30.6 Å². The number of nitrogens with one attached hydrogen (secondary N) is 1. The molecular weight excluding hydrogens is 407 g/mol. The standard InChI is InChI=1S/C22H24ClFN4O2/c1-12(2)20-14(8-23)9-25-17-4-3-13(7-15(17)20)21-16(24)10-26-22(28-21)27-18-5-6-30-11-19(18)29/h3-4,7,9-10,12,18-19,29H,5-6,8,11H2,1-2H3,(H,26,27,28)/t18-,19+/m1/s1. The number of benzene rings is 1. The molecule has 0 spiro atoms. The van der Waals surface area contributed by atoms with Gasteiger partial charge in [-0.15, -0.1) is 11.6 Å². The van der Waals surface area contributed by atoms with Gasteiger partial charge in [0.2, 0.25) is 5.95 Å². The molecule has 2 aromatic heterocycles. The van der Waals surface area contributed by atoms with Crippen LogP contribution in [0.4, 0.5) is 10.3 Å². The summed E-state index contributed by atoms with van der Waals surface area (Å²) in [6.45, 7) is 5.00. The van der Waals surface area contributed by atoms with E-state index in [9.17, 15) is 9.50 Å².